The first kappa shape index (κ1) is 15.5. The SMILES string of the molecule is CCOC(=O)Nc1c([N+](=O)[O-])cc2c(C)cc(=O)oc2c1C. The van der Waals surface area contributed by atoms with E-state index in [0.29, 0.717) is 10.9 Å². The molecule has 1 N–H and O–H groups in total. The first-order chi connectivity index (χ1) is 10.3. The van der Waals surface area contributed by atoms with Crippen LogP contribution in [0.4, 0.5) is 16.2 Å². The average Bonchev–Trinajstić information content (AvgIpc) is 2.42. The van der Waals surface area contributed by atoms with Crippen LogP contribution in [0.15, 0.2) is 21.3 Å². The minimum absolute atomic E-state index is 0.0512. The molecule has 0 bridgehead atoms. The number of benzene rings is 1. The molecule has 0 saturated heterocycles. The highest BCUT2D eigenvalue weighted by atomic mass is 16.6. The minimum atomic E-state index is -0.817. The molecule has 1 aromatic heterocycles. The monoisotopic (exact) mass is 306 g/mol. The van der Waals surface area contributed by atoms with E-state index < -0.39 is 16.6 Å². The van der Waals surface area contributed by atoms with Crippen molar-refractivity contribution in [2.75, 3.05) is 11.9 Å². The van der Waals surface area contributed by atoms with Crippen molar-refractivity contribution in [2.24, 2.45) is 0 Å². The first-order valence-electron chi connectivity index (χ1n) is 6.51. The van der Waals surface area contributed by atoms with Crippen LogP contribution in [0.3, 0.4) is 0 Å². The van der Waals surface area contributed by atoms with Crippen LogP contribution in [-0.2, 0) is 4.74 Å². The third kappa shape index (κ3) is 2.76. The molecule has 0 atom stereocenters. The van der Waals surface area contributed by atoms with E-state index in [2.05, 4.69) is 5.32 Å². The lowest BCUT2D eigenvalue weighted by molar-refractivity contribution is -0.383. The summed E-state index contributed by atoms with van der Waals surface area (Å²) in [4.78, 5) is 33.7. The Balaban J connectivity index is 2.75. The van der Waals surface area contributed by atoms with Gasteiger partial charge in [-0.3, -0.25) is 15.4 Å². The van der Waals surface area contributed by atoms with Crippen molar-refractivity contribution >= 4 is 28.4 Å². The van der Waals surface area contributed by atoms with Crippen molar-refractivity contribution in [1.29, 1.82) is 0 Å². The summed E-state index contributed by atoms with van der Waals surface area (Å²) in [5, 5.41) is 14.0. The van der Waals surface area contributed by atoms with Crippen LogP contribution in [0.5, 0.6) is 0 Å². The fourth-order valence-corrected chi connectivity index (χ4v) is 2.16. The van der Waals surface area contributed by atoms with Crippen LogP contribution in [0.25, 0.3) is 11.0 Å². The predicted octanol–water partition coefficient (Wildman–Crippen LogP) is 2.89. The molecule has 1 aromatic carbocycles. The Hall–Kier alpha value is -2.90. The topological polar surface area (TPSA) is 112 Å². The Bertz CT molecular complexity index is 824. The number of nitrogens with zero attached hydrogens (tertiary/aromatic N) is 1. The van der Waals surface area contributed by atoms with Crippen LogP contribution in [0, 0.1) is 24.0 Å². The maximum Gasteiger partial charge on any atom is 0.411 e. The normalized spacial score (nSPS) is 10.5. The van der Waals surface area contributed by atoms with E-state index in [1.165, 1.54) is 19.1 Å². The lowest BCUT2D eigenvalue weighted by Gasteiger charge is -2.11. The smallest absolute Gasteiger partial charge is 0.411 e. The molecule has 0 aliphatic rings. The molecule has 0 saturated carbocycles. The highest BCUT2D eigenvalue weighted by Crippen LogP contribution is 2.35. The second-order valence-electron chi connectivity index (χ2n) is 4.62. The van der Waals surface area contributed by atoms with Gasteiger partial charge in [0.25, 0.3) is 5.69 Å². The lowest BCUT2D eigenvalue weighted by atomic mass is 10.0. The Morgan fingerprint density at radius 2 is 2.09 bits per heavy atom. The fourth-order valence-electron chi connectivity index (χ4n) is 2.16. The standard InChI is InChI=1S/C14H14N2O6/c1-4-21-14(18)15-12-8(3)13-9(6-10(12)16(19)20)7(2)5-11(17)22-13/h5-6H,4H2,1-3H3,(H,15,18). The second-order valence-corrected chi connectivity index (χ2v) is 4.62. The van der Waals surface area contributed by atoms with E-state index in [9.17, 15) is 19.7 Å². The average molecular weight is 306 g/mol. The number of rotatable bonds is 3. The molecular weight excluding hydrogens is 292 g/mol. The van der Waals surface area contributed by atoms with Gasteiger partial charge in [-0.25, -0.2) is 9.59 Å². The van der Waals surface area contributed by atoms with Gasteiger partial charge in [0.1, 0.15) is 11.3 Å². The molecule has 0 radical (unpaired) electrons. The second kappa shape index (κ2) is 5.84. The van der Waals surface area contributed by atoms with Crippen molar-refractivity contribution in [3.63, 3.8) is 0 Å². The quantitative estimate of drug-likeness (QED) is 0.530. The summed E-state index contributed by atoms with van der Waals surface area (Å²) in [5.41, 5.74) is 0.129. The van der Waals surface area contributed by atoms with Crippen LogP contribution in [0.1, 0.15) is 18.1 Å². The number of nitro benzene ring substituents is 1. The molecule has 0 spiro atoms. The Morgan fingerprint density at radius 1 is 1.41 bits per heavy atom. The van der Waals surface area contributed by atoms with E-state index in [0.717, 1.165) is 0 Å². The maximum absolute atomic E-state index is 11.6. The van der Waals surface area contributed by atoms with Crippen LogP contribution in [-0.4, -0.2) is 17.6 Å². The zero-order valence-corrected chi connectivity index (χ0v) is 12.3. The number of nitro groups is 1. The third-order valence-electron chi connectivity index (χ3n) is 3.16. The van der Waals surface area contributed by atoms with Crippen molar-refractivity contribution in [3.8, 4) is 0 Å². The Labute approximate surface area is 124 Å². The van der Waals surface area contributed by atoms with Crippen LogP contribution < -0.4 is 10.9 Å². The number of aryl methyl sites for hydroxylation is 2. The summed E-state index contributed by atoms with van der Waals surface area (Å²) in [6.45, 7) is 4.92. The summed E-state index contributed by atoms with van der Waals surface area (Å²) in [6, 6.07) is 2.52. The zero-order chi connectivity index (χ0) is 16.4. The minimum Gasteiger partial charge on any atom is -0.450 e. The maximum atomic E-state index is 11.6. The van der Waals surface area contributed by atoms with Gasteiger partial charge in [-0.1, -0.05) is 0 Å². The van der Waals surface area contributed by atoms with Gasteiger partial charge >= 0.3 is 11.7 Å². The van der Waals surface area contributed by atoms with Gasteiger partial charge < -0.3 is 9.15 Å². The van der Waals surface area contributed by atoms with Crippen molar-refractivity contribution in [1.82, 2.24) is 0 Å². The molecule has 22 heavy (non-hydrogen) atoms. The molecule has 1 heterocycles. The largest absolute Gasteiger partial charge is 0.450 e. The van der Waals surface area contributed by atoms with Gasteiger partial charge in [0.05, 0.1) is 11.5 Å². The number of hydrogen-bond donors (Lipinski definition) is 1. The highest BCUT2D eigenvalue weighted by Gasteiger charge is 2.23. The summed E-state index contributed by atoms with van der Waals surface area (Å²) in [5.74, 6) is 0. The number of nitrogens with one attached hydrogen (secondary N) is 1. The fraction of sp³-hybridized carbons (Fsp3) is 0.286. The number of carbonyl (C=O) groups excluding carboxylic acids is 1. The van der Waals surface area contributed by atoms with E-state index in [1.54, 1.807) is 13.8 Å². The van der Waals surface area contributed by atoms with Crippen LogP contribution >= 0.6 is 0 Å². The molecule has 2 aromatic rings. The molecule has 0 aliphatic carbocycles. The number of hydrogen-bond acceptors (Lipinski definition) is 6. The summed E-state index contributed by atoms with van der Waals surface area (Å²) >= 11 is 0. The number of ether oxygens (including phenoxy) is 1. The van der Waals surface area contributed by atoms with Gasteiger partial charge in [0.2, 0.25) is 0 Å². The lowest BCUT2D eigenvalue weighted by Crippen LogP contribution is -2.15. The molecular formula is C14H14N2O6. The van der Waals surface area contributed by atoms with Crippen molar-refractivity contribution in [2.45, 2.75) is 20.8 Å². The van der Waals surface area contributed by atoms with Gasteiger partial charge in [-0.05, 0) is 26.3 Å². The molecule has 0 aliphatic heterocycles. The number of carbonyl (C=O) groups is 1. The van der Waals surface area contributed by atoms with Gasteiger partial charge in [-0.15, -0.1) is 0 Å². The van der Waals surface area contributed by atoms with E-state index in [-0.39, 0.29) is 29.1 Å². The summed E-state index contributed by atoms with van der Waals surface area (Å²) < 4.78 is 9.85. The Morgan fingerprint density at radius 3 is 2.68 bits per heavy atom. The number of anilines is 1. The molecule has 116 valence electrons. The van der Waals surface area contributed by atoms with E-state index in [1.807, 2.05) is 0 Å². The third-order valence-corrected chi connectivity index (χ3v) is 3.16. The highest BCUT2D eigenvalue weighted by molar-refractivity contribution is 5.97. The molecule has 0 unspecified atom stereocenters. The summed E-state index contributed by atoms with van der Waals surface area (Å²) in [6.07, 6.45) is -0.817. The predicted molar refractivity (Wildman–Crippen MR) is 79.3 cm³/mol. The van der Waals surface area contributed by atoms with Crippen LogP contribution in [0.2, 0.25) is 0 Å². The van der Waals surface area contributed by atoms with Gasteiger partial charge in [0, 0.05) is 23.1 Å². The molecule has 0 fully saturated rings. The Kier molecular flexibility index (Phi) is 4.11. The van der Waals surface area contributed by atoms with Crippen molar-refractivity contribution in [3.05, 3.63) is 43.8 Å². The van der Waals surface area contributed by atoms with E-state index in [4.69, 9.17) is 9.15 Å². The van der Waals surface area contributed by atoms with E-state index >= 15 is 0 Å². The molecule has 8 heteroatoms. The zero-order valence-electron chi connectivity index (χ0n) is 12.3. The van der Waals surface area contributed by atoms with Crippen molar-refractivity contribution < 1.29 is 18.9 Å². The molecule has 2 rings (SSSR count). The van der Waals surface area contributed by atoms with Gasteiger partial charge in [-0.2, -0.15) is 0 Å². The molecule has 1 amide bonds. The number of fused-ring (bicyclic) bond motifs is 1. The summed E-state index contributed by atoms with van der Waals surface area (Å²) in [7, 11) is 0. The van der Waals surface area contributed by atoms with Gasteiger partial charge in [0.15, 0.2) is 0 Å². The first-order valence-corrected chi connectivity index (χ1v) is 6.51. The molecule has 8 nitrogen and oxygen atoms in total. The number of amides is 1.